The molecule has 200 valence electrons. The minimum absolute atomic E-state index is 0.0280. The average Bonchev–Trinajstić information content (AvgIpc) is 2.92. The van der Waals surface area contributed by atoms with E-state index in [1.807, 2.05) is 25.2 Å². The molecule has 2 saturated heterocycles. The topological polar surface area (TPSA) is 53.1 Å². The van der Waals surface area contributed by atoms with Crippen LogP contribution in [-0.4, -0.2) is 79.4 Å². The van der Waals surface area contributed by atoms with E-state index in [1.165, 1.54) is 0 Å². The molecule has 6 nitrogen and oxygen atoms in total. The van der Waals surface area contributed by atoms with Gasteiger partial charge in [-0.25, -0.2) is 0 Å². The Labute approximate surface area is 230 Å². The van der Waals surface area contributed by atoms with Crippen molar-refractivity contribution in [3.8, 4) is 5.75 Å². The van der Waals surface area contributed by atoms with Gasteiger partial charge in [0.25, 0.3) is 5.91 Å². The average molecular weight is 547 g/mol. The number of halogens is 2. The summed E-state index contributed by atoms with van der Waals surface area (Å²) in [7, 11) is 3.46. The van der Waals surface area contributed by atoms with Gasteiger partial charge in [0.1, 0.15) is 5.75 Å². The Balaban J connectivity index is 1.38. The van der Waals surface area contributed by atoms with Gasteiger partial charge in [0, 0.05) is 57.2 Å². The van der Waals surface area contributed by atoms with Crippen LogP contribution in [0.4, 0.5) is 0 Å². The molecular weight excluding hydrogens is 509 g/mol. The predicted molar refractivity (Wildman–Crippen MR) is 149 cm³/mol. The number of likely N-dealkylation sites (tertiary alicyclic amines) is 2. The first-order chi connectivity index (χ1) is 17.9. The Bertz CT molecular complexity index is 1070. The van der Waals surface area contributed by atoms with Gasteiger partial charge in [-0.3, -0.25) is 9.59 Å². The van der Waals surface area contributed by atoms with Gasteiger partial charge in [0.05, 0.1) is 17.2 Å². The fourth-order valence-electron chi connectivity index (χ4n) is 5.50. The molecule has 8 heteroatoms. The van der Waals surface area contributed by atoms with E-state index in [0.717, 1.165) is 69.6 Å². The van der Waals surface area contributed by atoms with Crippen LogP contribution in [0.5, 0.6) is 5.75 Å². The van der Waals surface area contributed by atoms with Crippen molar-refractivity contribution in [2.24, 2.45) is 0 Å². The molecule has 2 amide bonds. The van der Waals surface area contributed by atoms with Crippen LogP contribution in [0.25, 0.3) is 0 Å². The zero-order valence-electron chi connectivity index (χ0n) is 21.8. The van der Waals surface area contributed by atoms with E-state index in [9.17, 15) is 9.59 Å². The number of rotatable bonds is 9. The number of benzene rings is 2. The minimum atomic E-state index is -0.0280. The Morgan fingerprint density at radius 1 is 1.05 bits per heavy atom. The van der Waals surface area contributed by atoms with Crippen LogP contribution in [-0.2, 0) is 4.79 Å². The molecule has 1 atom stereocenters. The summed E-state index contributed by atoms with van der Waals surface area (Å²) in [5, 5.41) is 1.06. The predicted octanol–water partition coefficient (Wildman–Crippen LogP) is 5.72. The van der Waals surface area contributed by atoms with E-state index in [2.05, 4.69) is 9.80 Å². The van der Waals surface area contributed by atoms with E-state index in [1.54, 1.807) is 36.3 Å². The standard InChI is InChI=1S/C29H37Cl2N3O3/c1-32(29(36)21-6-9-25(37-2)10-7-21)20-23(22-8-11-26(30)27(31)19-22)12-16-33-17-13-24(14-18-33)34-15-4-3-5-28(34)35/h6-11,19,23-24H,3-5,12-18,20H2,1-2H3/t23-/m1/s1. The molecule has 0 bridgehead atoms. The van der Waals surface area contributed by atoms with E-state index < -0.39 is 0 Å². The molecule has 0 aliphatic carbocycles. The van der Waals surface area contributed by atoms with Gasteiger partial charge in [-0.2, -0.15) is 0 Å². The van der Waals surface area contributed by atoms with Crippen molar-refractivity contribution in [3.63, 3.8) is 0 Å². The molecule has 0 radical (unpaired) electrons. The van der Waals surface area contributed by atoms with Gasteiger partial charge >= 0.3 is 0 Å². The Kier molecular flexibility index (Phi) is 9.74. The van der Waals surface area contributed by atoms with Crippen LogP contribution in [0.15, 0.2) is 42.5 Å². The van der Waals surface area contributed by atoms with E-state index in [-0.39, 0.29) is 11.8 Å². The van der Waals surface area contributed by atoms with Crippen molar-refractivity contribution < 1.29 is 14.3 Å². The van der Waals surface area contributed by atoms with Crippen LogP contribution in [0.1, 0.15) is 60.4 Å². The molecule has 2 aliphatic heterocycles. The summed E-state index contributed by atoms with van der Waals surface area (Å²) in [6.07, 6.45) is 5.80. The highest BCUT2D eigenvalue weighted by molar-refractivity contribution is 6.42. The van der Waals surface area contributed by atoms with Crippen molar-refractivity contribution in [1.82, 2.24) is 14.7 Å². The van der Waals surface area contributed by atoms with Gasteiger partial charge in [-0.1, -0.05) is 29.3 Å². The van der Waals surface area contributed by atoms with Crippen LogP contribution in [0.3, 0.4) is 0 Å². The highest BCUT2D eigenvalue weighted by atomic mass is 35.5. The molecule has 0 unspecified atom stereocenters. The second kappa shape index (κ2) is 13.0. The first-order valence-electron chi connectivity index (χ1n) is 13.2. The summed E-state index contributed by atoms with van der Waals surface area (Å²) in [5.41, 5.74) is 1.71. The van der Waals surface area contributed by atoms with E-state index in [0.29, 0.717) is 40.5 Å². The zero-order chi connectivity index (χ0) is 26.4. The summed E-state index contributed by atoms with van der Waals surface area (Å²) < 4.78 is 5.22. The van der Waals surface area contributed by atoms with Crippen LogP contribution in [0, 0.1) is 0 Å². The number of nitrogens with zero attached hydrogens (tertiary/aromatic N) is 3. The van der Waals surface area contributed by atoms with Crippen LogP contribution < -0.4 is 4.74 Å². The number of carbonyl (C=O) groups excluding carboxylic acids is 2. The van der Waals surface area contributed by atoms with Crippen molar-refractivity contribution in [2.45, 2.75) is 50.5 Å². The van der Waals surface area contributed by atoms with Crippen molar-refractivity contribution in [1.29, 1.82) is 0 Å². The molecular formula is C29H37Cl2N3O3. The van der Waals surface area contributed by atoms with Crippen LogP contribution in [0.2, 0.25) is 10.0 Å². The lowest BCUT2D eigenvalue weighted by Crippen LogP contribution is -2.49. The highest BCUT2D eigenvalue weighted by Gasteiger charge is 2.29. The van der Waals surface area contributed by atoms with Gasteiger partial charge in [-0.15, -0.1) is 0 Å². The van der Waals surface area contributed by atoms with Crippen molar-refractivity contribution in [2.75, 3.05) is 46.9 Å². The summed E-state index contributed by atoms with van der Waals surface area (Å²) >= 11 is 12.6. The van der Waals surface area contributed by atoms with Crippen molar-refractivity contribution in [3.05, 3.63) is 63.6 Å². The first-order valence-corrected chi connectivity index (χ1v) is 14.0. The smallest absolute Gasteiger partial charge is 0.253 e. The summed E-state index contributed by atoms with van der Waals surface area (Å²) in [6.45, 7) is 4.39. The molecule has 0 saturated carbocycles. The molecule has 2 aromatic rings. The van der Waals surface area contributed by atoms with E-state index >= 15 is 0 Å². The molecule has 0 N–H and O–H groups in total. The Morgan fingerprint density at radius 2 is 1.78 bits per heavy atom. The molecule has 2 heterocycles. The second-order valence-corrected chi connectivity index (χ2v) is 11.0. The Hall–Kier alpha value is -2.28. The number of hydrogen-bond donors (Lipinski definition) is 0. The number of amides is 2. The SMILES string of the molecule is COc1ccc(C(=O)N(C)C[C@@H](CCN2CCC(N3CCCCC3=O)CC2)c2ccc(Cl)c(Cl)c2)cc1. The molecule has 2 aliphatic rings. The molecule has 2 aromatic carbocycles. The maximum Gasteiger partial charge on any atom is 0.253 e. The Morgan fingerprint density at radius 3 is 2.43 bits per heavy atom. The number of piperidine rings is 2. The minimum Gasteiger partial charge on any atom is -0.497 e. The lowest BCUT2D eigenvalue weighted by Gasteiger charge is -2.40. The zero-order valence-corrected chi connectivity index (χ0v) is 23.3. The number of hydrogen-bond acceptors (Lipinski definition) is 4. The van der Waals surface area contributed by atoms with Gasteiger partial charge in [0.2, 0.25) is 5.91 Å². The number of ether oxygens (including phenoxy) is 1. The quantitative estimate of drug-likeness (QED) is 0.404. The second-order valence-electron chi connectivity index (χ2n) is 10.2. The summed E-state index contributed by atoms with van der Waals surface area (Å²) in [6, 6.07) is 13.3. The normalized spacial score (nSPS) is 18.1. The molecule has 37 heavy (non-hydrogen) atoms. The highest BCUT2D eigenvalue weighted by Crippen LogP contribution is 2.30. The third-order valence-corrected chi connectivity index (χ3v) is 8.48. The third kappa shape index (κ3) is 7.18. The maximum atomic E-state index is 13.1. The maximum absolute atomic E-state index is 13.1. The lowest BCUT2D eigenvalue weighted by molar-refractivity contribution is -0.136. The lowest BCUT2D eigenvalue weighted by atomic mass is 9.93. The largest absolute Gasteiger partial charge is 0.497 e. The van der Waals surface area contributed by atoms with E-state index in [4.69, 9.17) is 27.9 Å². The van der Waals surface area contributed by atoms with Gasteiger partial charge in [0.15, 0.2) is 0 Å². The summed E-state index contributed by atoms with van der Waals surface area (Å²) in [4.78, 5) is 31.9. The third-order valence-electron chi connectivity index (χ3n) is 7.74. The fourth-order valence-corrected chi connectivity index (χ4v) is 5.81. The summed E-state index contributed by atoms with van der Waals surface area (Å²) in [5.74, 6) is 1.14. The molecule has 0 spiro atoms. The van der Waals surface area contributed by atoms with Crippen molar-refractivity contribution >= 4 is 35.0 Å². The van der Waals surface area contributed by atoms with Crippen LogP contribution >= 0.6 is 23.2 Å². The number of likely N-dealkylation sites (N-methyl/N-ethyl adjacent to an activating group) is 1. The van der Waals surface area contributed by atoms with Gasteiger partial charge in [-0.05, 0) is 80.6 Å². The monoisotopic (exact) mass is 545 g/mol. The first kappa shape index (κ1) is 27.7. The molecule has 2 fully saturated rings. The number of carbonyl (C=O) groups is 2. The number of methoxy groups -OCH3 is 1. The van der Waals surface area contributed by atoms with Gasteiger partial charge < -0.3 is 19.4 Å². The molecule has 4 rings (SSSR count). The molecule has 0 aromatic heterocycles. The fraction of sp³-hybridized carbons (Fsp3) is 0.517.